The Morgan fingerprint density at radius 1 is 1.16 bits per heavy atom. The van der Waals surface area contributed by atoms with E-state index in [2.05, 4.69) is 44.9 Å². The maximum Gasteiger partial charge on any atom is 0.218 e. The summed E-state index contributed by atoms with van der Waals surface area (Å²) < 4.78 is 7.35. The van der Waals surface area contributed by atoms with Gasteiger partial charge in [0.1, 0.15) is 5.75 Å². The molecule has 2 aromatic heterocycles. The fourth-order valence-electron chi connectivity index (χ4n) is 2.60. The van der Waals surface area contributed by atoms with Crippen molar-refractivity contribution in [3.05, 3.63) is 48.3 Å². The molecule has 0 radical (unpaired) electrons. The third-order valence-corrected chi connectivity index (χ3v) is 5.00. The van der Waals surface area contributed by atoms with E-state index in [1.807, 2.05) is 36.5 Å². The molecule has 0 fully saturated rings. The predicted octanol–water partition coefficient (Wildman–Crippen LogP) is 3.80. The second-order valence-electron chi connectivity index (χ2n) is 5.49. The highest BCUT2D eigenvalue weighted by Crippen LogP contribution is 2.25. The van der Waals surface area contributed by atoms with Gasteiger partial charge in [-0.25, -0.2) is 0 Å². The maximum atomic E-state index is 5.26. The van der Waals surface area contributed by atoms with Crippen molar-refractivity contribution in [1.82, 2.24) is 14.8 Å². The molecule has 0 saturated heterocycles. The molecule has 0 aliphatic heterocycles. The van der Waals surface area contributed by atoms with E-state index < -0.39 is 0 Å². The molecular formula is C18H23N5OS. The first kappa shape index (κ1) is 17.3. The van der Waals surface area contributed by atoms with Crippen LogP contribution in [-0.4, -0.2) is 35.0 Å². The van der Waals surface area contributed by atoms with E-state index in [0.29, 0.717) is 6.54 Å². The van der Waals surface area contributed by atoms with E-state index in [4.69, 9.17) is 4.74 Å². The van der Waals surface area contributed by atoms with E-state index >= 15 is 0 Å². The van der Waals surface area contributed by atoms with Crippen molar-refractivity contribution in [2.24, 2.45) is 0 Å². The Morgan fingerprint density at radius 3 is 2.76 bits per heavy atom. The molecule has 1 N–H and O–H groups in total. The molecular weight excluding hydrogens is 334 g/mol. The van der Waals surface area contributed by atoms with Crippen LogP contribution < -0.4 is 15.0 Å². The Kier molecular flexibility index (Phi) is 5.55. The lowest BCUT2D eigenvalue weighted by Crippen LogP contribution is -2.21. The van der Waals surface area contributed by atoms with Crippen LogP contribution in [-0.2, 0) is 6.54 Å². The van der Waals surface area contributed by atoms with Crippen molar-refractivity contribution in [1.29, 1.82) is 0 Å². The number of benzene rings is 1. The highest BCUT2D eigenvalue weighted by molar-refractivity contribution is 7.17. The molecule has 0 aliphatic carbocycles. The Hall–Kier alpha value is -2.54. The molecule has 3 aromatic rings. The summed E-state index contributed by atoms with van der Waals surface area (Å²) in [6.07, 6.45) is 2.02. The van der Waals surface area contributed by atoms with Crippen LogP contribution in [0.2, 0.25) is 0 Å². The minimum atomic E-state index is 0.695. The smallest absolute Gasteiger partial charge is 0.218 e. The van der Waals surface area contributed by atoms with Gasteiger partial charge in [0.25, 0.3) is 0 Å². The summed E-state index contributed by atoms with van der Waals surface area (Å²) in [5.74, 6) is 0.841. The Balaban J connectivity index is 1.74. The van der Waals surface area contributed by atoms with Gasteiger partial charge in [-0.2, -0.15) is 0 Å². The van der Waals surface area contributed by atoms with Gasteiger partial charge in [-0.1, -0.05) is 17.4 Å². The number of methoxy groups -OCH3 is 1. The quantitative estimate of drug-likeness (QED) is 0.665. The van der Waals surface area contributed by atoms with Gasteiger partial charge in [0.15, 0.2) is 0 Å². The molecule has 1 aromatic carbocycles. The number of hydrogen-bond donors (Lipinski definition) is 1. The molecule has 7 heteroatoms. The van der Waals surface area contributed by atoms with Crippen LogP contribution in [0.1, 0.15) is 19.5 Å². The third kappa shape index (κ3) is 3.93. The standard InChI is InChI=1S/C18H23N5OS/c1-4-22(5-2)17-20-21-18(25-17)23-11-7-9-15(23)13-19-14-8-6-10-16(12-14)24-3/h6-12,19H,4-5,13H2,1-3H3. The lowest BCUT2D eigenvalue weighted by Gasteiger charge is -2.15. The van der Waals surface area contributed by atoms with Gasteiger partial charge in [-0.15, -0.1) is 10.2 Å². The molecule has 25 heavy (non-hydrogen) atoms. The number of hydrogen-bond acceptors (Lipinski definition) is 6. The Labute approximate surface area is 152 Å². The van der Waals surface area contributed by atoms with Crippen molar-refractivity contribution >= 4 is 22.2 Å². The first-order chi connectivity index (χ1) is 12.2. The van der Waals surface area contributed by atoms with Crippen LogP contribution >= 0.6 is 11.3 Å². The van der Waals surface area contributed by atoms with Gasteiger partial charge < -0.3 is 15.0 Å². The fraction of sp³-hybridized carbons (Fsp3) is 0.333. The molecule has 0 atom stereocenters. The second kappa shape index (κ2) is 8.02. The van der Waals surface area contributed by atoms with Crippen LogP contribution in [0, 0.1) is 0 Å². The summed E-state index contributed by atoms with van der Waals surface area (Å²) >= 11 is 1.61. The highest BCUT2D eigenvalue weighted by atomic mass is 32.1. The van der Waals surface area contributed by atoms with E-state index in [1.54, 1.807) is 18.4 Å². The molecule has 0 saturated carbocycles. The fourth-order valence-corrected chi connectivity index (χ4v) is 3.59. The molecule has 0 aliphatic rings. The zero-order valence-corrected chi connectivity index (χ0v) is 15.6. The Bertz CT molecular complexity index is 809. The molecule has 3 rings (SSSR count). The van der Waals surface area contributed by atoms with Gasteiger partial charge >= 0.3 is 0 Å². The average Bonchev–Trinajstić information content (AvgIpc) is 3.30. The van der Waals surface area contributed by atoms with E-state index in [9.17, 15) is 0 Å². The van der Waals surface area contributed by atoms with Crippen LogP contribution in [0.4, 0.5) is 10.8 Å². The number of nitrogens with one attached hydrogen (secondary N) is 1. The second-order valence-corrected chi connectivity index (χ2v) is 6.43. The summed E-state index contributed by atoms with van der Waals surface area (Å²) in [4.78, 5) is 2.21. The van der Waals surface area contributed by atoms with Gasteiger partial charge in [-0.05, 0) is 38.1 Å². The predicted molar refractivity (Wildman–Crippen MR) is 103 cm³/mol. The summed E-state index contributed by atoms with van der Waals surface area (Å²) in [5.41, 5.74) is 2.15. The highest BCUT2D eigenvalue weighted by Gasteiger charge is 2.12. The number of anilines is 2. The van der Waals surface area contributed by atoms with E-state index in [-0.39, 0.29) is 0 Å². The number of ether oxygens (including phenoxy) is 1. The van der Waals surface area contributed by atoms with Crippen molar-refractivity contribution in [3.8, 4) is 10.9 Å². The number of nitrogens with zero attached hydrogens (tertiary/aromatic N) is 4. The summed E-state index contributed by atoms with van der Waals surface area (Å²) in [7, 11) is 1.67. The van der Waals surface area contributed by atoms with Crippen LogP contribution in [0.25, 0.3) is 5.13 Å². The average molecular weight is 357 g/mol. The van der Waals surface area contributed by atoms with Crippen molar-refractivity contribution in [2.75, 3.05) is 30.4 Å². The van der Waals surface area contributed by atoms with Crippen LogP contribution in [0.3, 0.4) is 0 Å². The zero-order chi connectivity index (χ0) is 17.6. The van der Waals surface area contributed by atoms with Gasteiger partial charge in [-0.3, -0.25) is 4.57 Å². The zero-order valence-electron chi connectivity index (χ0n) is 14.8. The molecule has 6 nitrogen and oxygen atoms in total. The topological polar surface area (TPSA) is 55.2 Å². The molecule has 132 valence electrons. The van der Waals surface area contributed by atoms with Crippen molar-refractivity contribution in [3.63, 3.8) is 0 Å². The van der Waals surface area contributed by atoms with Crippen molar-refractivity contribution in [2.45, 2.75) is 20.4 Å². The molecule has 0 unspecified atom stereocenters. The van der Waals surface area contributed by atoms with Gasteiger partial charge in [0, 0.05) is 36.7 Å². The van der Waals surface area contributed by atoms with E-state index in [1.165, 1.54) is 0 Å². The molecule has 0 amide bonds. The third-order valence-electron chi connectivity index (χ3n) is 4.02. The van der Waals surface area contributed by atoms with Crippen LogP contribution in [0.15, 0.2) is 42.6 Å². The SMILES string of the molecule is CCN(CC)c1nnc(-n2cccc2CNc2cccc(OC)c2)s1. The maximum absolute atomic E-state index is 5.26. The normalized spacial score (nSPS) is 10.7. The molecule has 2 heterocycles. The van der Waals surface area contributed by atoms with Gasteiger partial charge in [0.05, 0.1) is 13.7 Å². The lowest BCUT2D eigenvalue weighted by atomic mass is 10.3. The van der Waals surface area contributed by atoms with Crippen molar-refractivity contribution < 1.29 is 4.74 Å². The first-order valence-electron chi connectivity index (χ1n) is 8.38. The minimum Gasteiger partial charge on any atom is -0.497 e. The summed E-state index contributed by atoms with van der Waals surface area (Å²) in [5, 5.41) is 14.0. The van der Waals surface area contributed by atoms with Gasteiger partial charge in [0.2, 0.25) is 10.3 Å². The first-order valence-corrected chi connectivity index (χ1v) is 9.19. The lowest BCUT2D eigenvalue weighted by molar-refractivity contribution is 0.415. The Morgan fingerprint density at radius 2 is 2.00 bits per heavy atom. The van der Waals surface area contributed by atoms with E-state index in [0.717, 1.165) is 40.5 Å². The monoisotopic (exact) mass is 357 g/mol. The number of aromatic nitrogens is 3. The molecule has 0 spiro atoms. The number of rotatable bonds is 8. The summed E-state index contributed by atoms with van der Waals surface area (Å²) in [6, 6.07) is 12.0. The molecule has 0 bridgehead atoms. The minimum absolute atomic E-state index is 0.695. The summed E-state index contributed by atoms with van der Waals surface area (Å²) in [6.45, 7) is 6.82. The van der Waals surface area contributed by atoms with Crippen LogP contribution in [0.5, 0.6) is 5.75 Å². The largest absolute Gasteiger partial charge is 0.497 e.